The standard InChI is InChI=1S/C20H32/c1-7-18(4)12-9-14-20(6)16-10-15-19(5)13-8-11-17(2)3/h7,11-12,14-15H,1,8-10,13,16H2,2-6H3/b18-12+,19-15+,20-14?. The van der Waals surface area contributed by atoms with Crippen LogP contribution in [0.15, 0.2) is 59.3 Å². The Hall–Kier alpha value is -1.30. The molecule has 0 aliphatic heterocycles. The lowest BCUT2D eigenvalue weighted by Gasteiger charge is -2.01. The second-order valence-corrected chi connectivity index (χ2v) is 5.85. The van der Waals surface area contributed by atoms with Crippen molar-refractivity contribution < 1.29 is 0 Å². The summed E-state index contributed by atoms with van der Waals surface area (Å²) in [4.78, 5) is 0. The zero-order valence-electron chi connectivity index (χ0n) is 14.1. The molecule has 0 heteroatoms. The molecule has 0 amide bonds. The minimum absolute atomic E-state index is 1.02. The minimum atomic E-state index is 1.02. The molecule has 0 atom stereocenters. The lowest BCUT2D eigenvalue weighted by atomic mass is 10.1. The summed E-state index contributed by atoms with van der Waals surface area (Å²) in [6.45, 7) is 14.6. The molecule has 0 aliphatic carbocycles. The van der Waals surface area contributed by atoms with Gasteiger partial charge in [0.05, 0.1) is 0 Å². The molecule has 0 spiro atoms. The predicted octanol–water partition coefficient (Wildman–Crippen LogP) is 6.93. The third-order valence-corrected chi connectivity index (χ3v) is 3.35. The Labute approximate surface area is 126 Å². The zero-order chi connectivity index (χ0) is 15.4. The first-order valence-electron chi connectivity index (χ1n) is 7.69. The number of rotatable bonds is 9. The lowest BCUT2D eigenvalue weighted by Crippen LogP contribution is -1.80. The molecule has 0 N–H and O–H groups in total. The molecule has 0 heterocycles. The van der Waals surface area contributed by atoms with E-state index < -0.39 is 0 Å². The van der Waals surface area contributed by atoms with Crippen LogP contribution in [0.4, 0.5) is 0 Å². The minimum Gasteiger partial charge on any atom is -0.0988 e. The second-order valence-electron chi connectivity index (χ2n) is 5.85. The van der Waals surface area contributed by atoms with Gasteiger partial charge < -0.3 is 0 Å². The molecule has 20 heavy (non-hydrogen) atoms. The fourth-order valence-corrected chi connectivity index (χ4v) is 1.87. The Kier molecular flexibility index (Phi) is 10.8. The van der Waals surface area contributed by atoms with E-state index in [1.165, 1.54) is 41.6 Å². The number of hydrogen-bond acceptors (Lipinski definition) is 0. The maximum absolute atomic E-state index is 3.76. The van der Waals surface area contributed by atoms with Gasteiger partial charge in [0, 0.05) is 0 Å². The average Bonchev–Trinajstić information content (AvgIpc) is 2.38. The van der Waals surface area contributed by atoms with Gasteiger partial charge in [-0.25, -0.2) is 0 Å². The second kappa shape index (κ2) is 11.5. The summed E-state index contributed by atoms with van der Waals surface area (Å²) in [7, 11) is 0. The van der Waals surface area contributed by atoms with Crippen molar-refractivity contribution in [3.63, 3.8) is 0 Å². The highest BCUT2D eigenvalue weighted by Crippen LogP contribution is 2.12. The highest BCUT2D eigenvalue weighted by atomic mass is 14.0. The van der Waals surface area contributed by atoms with Crippen LogP contribution >= 0.6 is 0 Å². The van der Waals surface area contributed by atoms with Gasteiger partial charge in [-0.1, -0.05) is 59.3 Å². The normalized spacial score (nSPS) is 13.3. The van der Waals surface area contributed by atoms with E-state index in [4.69, 9.17) is 0 Å². The number of allylic oxidation sites excluding steroid dienone is 9. The third-order valence-electron chi connectivity index (χ3n) is 3.35. The summed E-state index contributed by atoms with van der Waals surface area (Å²) in [5.41, 5.74) is 5.66. The van der Waals surface area contributed by atoms with E-state index in [1.54, 1.807) is 0 Å². The third kappa shape index (κ3) is 11.8. The molecule has 0 saturated carbocycles. The fraction of sp³-hybridized carbons (Fsp3) is 0.500. The van der Waals surface area contributed by atoms with E-state index in [0.29, 0.717) is 0 Å². The van der Waals surface area contributed by atoms with Gasteiger partial charge in [-0.3, -0.25) is 0 Å². The maximum atomic E-state index is 3.76. The summed E-state index contributed by atoms with van der Waals surface area (Å²) in [5, 5.41) is 0. The van der Waals surface area contributed by atoms with Crippen LogP contribution in [0.5, 0.6) is 0 Å². The van der Waals surface area contributed by atoms with E-state index in [1.807, 2.05) is 6.08 Å². The monoisotopic (exact) mass is 272 g/mol. The first-order valence-corrected chi connectivity index (χ1v) is 7.69. The van der Waals surface area contributed by atoms with E-state index >= 15 is 0 Å². The van der Waals surface area contributed by atoms with Gasteiger partial charge in [0.25, 0.3) is 0 Å². The largest absolute Gasteiger partial charge is 0.0988 e. The molecule has 0 radical (unpaired) electrons. The lowest BCUT2D eigenvalue weighted by molar-refractivity contribution is 0.915. The Bertz CT molecular complexity index is 396. The van der Waals surface area contributed by atoms with Crippen molar-refractivity contribution in [2.24, 2.45) is 0 Å². The van der Waals surface area contributed by atoms with Crippen LogP contribution in [0, 0.1) is 0 Å². The Morgan fingerprint density at radius 3 is 1.85 bits per heavy atom. The fourth-order valence-electron chi connectivity index (χ4n) is 1.87. The van der Waals surface area contributed by atoms with E-state index in [2.05, 4.69) is 65.5 Å². The molecule has 112 valence electrons. The molecule has 0 nitrogen and oxygen atoms in total. The topological polar surface area (TPSA) is 0 Å². The van der Waals surface area contributed by atoms with Gasteiger partial charge in [-0.05, 0) is 66.7 Å². The molecule has 0 aromatic rings. The summed E-state index contributed by atoms with van der Waals surface area (Å²) in [6, 6.07) is 0. The quantitative estimate of drug-likeness (QED) is 0.315. The summed E-state index contributed by atoms with van der Waals surface area (Å²) >= 11 is 0. The van der Waals surface area contributed by atoms with Crippen molar-refractivity contribution in [2.75, 3.05) is 0 Å². The molecular weight excluding hydrogens is 240 g/mol. The number of hydrogen-bond donors (Lipinski definition) is 0. The highest BCUT2D eigenvalue weighted by molar-refractivity contribution is 5.15. The SMILES string of the molecule is C=C/C(C)=C/CC=C(C)CC/C=C(\C)CCC=C(C)C. The molecule has 0 rings (SSSR count). The maximum Gasteiger partial charge on any atom is -0.0161 e. The summed E-state index contributed by atoms with van der Waals surface area (Å²) < 4.78 is 0. The summed E-state index contributed by atoms with van der Waals surface area (Å²) in [5.74, 6) is 0. The van der Waals surface area contributed by atoms with Crippen LogP contribution in [0.25, 0.3) is 0 Å². The first-order chi connectivity index (χ1) is 9.45. The van der Waals surface area contributed by atoms with Crippen LogP contribution in [0.2, 0.25) is 0 Å². The smallest absolute Gasteiger partial charge is 0.0161 e. The average molecular weight is 272 g/mol. The van der Waals surface area contributed by atoms with Gasteiger partial charge in [0.2, 0.25) is 0 Å². The van der Waals surface area contributed by atoms with E-state index in [9.17, 15) is 0 Å². The molecular formula is C20H32. The van der Waals surface area contributed by atoms with Crippen LogP contribution in [0.3, 0.4) is 0 Å². The van der Waals surface area contributed by atoms with Crippen molar-refractivity contribution in [1.82, 2.24) is 0 Å². The highest BCUT2D eigenvalue weighted by Gasteiger charge is 1.91. The molecule has 0 aromatic carbocycles. The van der Waals surface area contributed by atoms with Crippen LogP contribution < -0.4 is 0 Å². The molecule has 0 aliphatic rings. The van der Waals surface area contributed by atoms with Crippen molar-refractivity contribution in [3.8, 4) is 0 Å². The predicted molar refractivity (Wildman–Crippen MR) is 94.0 cm³/mol. The molecule has 0 fully saturated rings. The van der Waals surface area contributed by atoms with E-state index in [-0.39, 0.29) is 0 Å². The molecule has 0 bridgehead atoms. The van der Waals surface area contributed by atoms with Crippen molar-refractivity contribution in [3.05, 3.63) is 59.3 Å². The first kappa shape index (κ1) is 18.7. The van der Waals surface area contributed by atoms with Gasteiger partial charge in [0.15, 0.2) is 0 Å². The molecule has 0 saturated heterocycles. The van der Waals surface area contributed by atoms with Crippen LogP contribution in [-0.4, -0.2) is 0 Å². The van der Waals surface area contributed by atoms with Crippen LogP contribution in [0.1, 0.15) is 66.7 Å². The van der Waals surface area contributed by atoms with Crippen molar-refractivity contribution in [1.29, 1.82) is 0 Å². The summed E-state index contributed by atoms with van der Waals surface area (Å²) in [6.07, 6.45) is 16.9. The van der Waals surface area contributed by atoms with Crippen molar-refractivity contribution >= 4 is 0 Å². The van der Waals surface area contributed by atoms with Crippen molar-refractivity contribution in [2.45, 2.75) is 66.7 Å². The van der Waals surface area contributed by atoms with Gasteiger partial charge in [-0.2, -0.15) is 0 Å². The van der Waals surface area contributed by atoms with Gasteiger partial charge in [-0.15, -0.1) is 0 Å². The van der Waals surface area contributed by atoms with Gasteiger partial charge in [0.1, 0.15) is 0 Å². The Morgan fingerprint density at radius 2 is 1.30 bits per heavy atom. The Morgan fingerprint density at radius 1 is 0.750 bits per heavy atom. The van der Waals surface area contributed by atoms with Gasteiger partial charge >= 0.3 is 0 Å². The molecule has 0 unspecified atom stereocenters. The zero-order valence-corrected chi connectivity index (χ0v) is 14.1. The Balaban J connectivity index is 3.99. The van der Waals surface area contributed by atoms with Crippen LogP contribution in [-0.2, 0) is 0 Å². The van der Waals surface area contributed by atoms with E-state index in [0.717, 1.165) is 12.8 Å². The molecule has 0 aromatic heterocycles.